The largest absolute Gasteiger partial charge is 0.474 e. The summed E-state index contributed by atoms with van der Waals surface area (Å²) in [6.45, 7) is 1.66. The quantitative estimate of drug-likeness (QED) is 0.794. The molecular weight excluding hydrogens is 278 g/mol. The number of nitrogens with one attached hydrogen (secondary N) is 1. The molecule has 0 bridgehead atoms. The van der Waals surface area contributed by atoms with Crippen LogP contribution < -0.4 is 10.2 Å². The molecule has 1 saturated heterocycles. The van der Waals surface area contributed by atoms with Gasteiger partial charge in [0.2, 0.25) is 0 Å². The molecule has 1 fully saturated rings. The minimum absolute atomic E-state index is 0.232. The first-order valence-electron chi connectivity index (χ1n) is 6.03. The number of hydrogen-bond donors (Lipinski definition) is 2. The Morgan fingerprint density at radius 1 is 1.35 bits per heavy atom. The highest BCUT2D eigenvalue weighted by Crippen LogP contribution is 2.28. The van der Waals surface area contributed by atoms with Crippen molar-refractivity contribution in [3.05, 3.63) is 23.8 Å². The molecule has 0 radical (unpaired) electrons. The number of carbonyl (C=O) groups is 2. The fourth-order valence-electron chi connectivity index (χ4n) is 2.01. The summed E-state index contributed by atoms with van der Waals surface area (Å²) in [7, 11) is 0. The maximum atomic E-state index is 11.2. The molecule has 6 nitrogen and oxygen atoms in total. The Bertz CT molecular complexity index is 577. The summed E-state index contributed by atoms with van der Waals surface area (Å²) >= 11 is 1.85. The molecule has 1 aromatic rings. The lowest BCUT2D eigenvalue weighted by atomic mass is 10.1. The van der Waals surface area contributed by atoms with Crippen molar-refractivity contribution < 1.29 is 14.7 Å². The molecule has 1 amide bonds. The zero-order chi connectivity index (χ0) is 14.5. The Hall–Kier alpha value is -2.20. The van der Waals surface area contributed by atoms with Crippen LogP contribution in [0, 0.1) is 11.3 Å². The molecule has 7 heteroatoms. The van der Waals surface area contributed by atoms with Crippen molar-refractivity contribution in [3.63, 3.8) is 0 Å². The van der Waals surface area contributed by atoms with E-state index in [1.54, 1.807) is 6.07 Å². The van der Waals surface area contributed by atoms with Crippen LogP contribution in [0.2, 0.25) is 0 Å². The van der Waals surface area contributed by atoms with Gasteiger partial charge in [-0.2, -0.15) is 17.0 Å². The molecule has 104 valence electrons. The maximum Gasteiger partial charge on any atom is 0.394 e. The molecule has 0 saturated carbocycles. The number of thioether (sulfide) groups is 1. The van der Waals surface area contributed by atoms with Crippen LogP contribution in [0.4, 0.5) is 11.4 Å². The Morgan fingerprint density at radius 3 is 2.65 bits per heavy atom. The molecule has 1 aliphatic heterocycles. The summed E-state index contributed by atoms with van der Waals surface area (Å²) in [6, 6.07) is 7.09. The van der Waals surface area contributed by atoms with Crippen LogP contribution in [0.25, 0.3) is 0 Å². The third-order valence-corrected chi connectivity index (χ3v) is 3.89. The van der Waals surface area contributed by atoms with Gasteiger partial charge in [0.15, 0.2) is 0 Å². The zero-order valence-electron chi connectivity index (χ0n) is 10.6. The summed E-state index contributed by atoms with van der Waals surface area (Å²) in [5.41, 5.74) is 1.26. The lowest BCUT2D eigenvalue weighted by Crippen LogP contribution is -2.33. The van der Waals surface area contributed by atoms with E-state index in [0.717, 1.165) is 30.3 Å². The predicted molar refractivity (Wildman–Crippen MR) is 77.0 cm³/mol. The number of carboxylic acids is 1. The van der Waals surface area contributed by atoms with E-state index in [1.807, 2.05) is 23.9 Å². The van der Waals surface area contributed by atoms with Gasteiger partial charge in [0, 0.05) is 24.6 Å². The summed E-state index contributed by atoms with van der Waals surface area (Å²) in [5, 5.41) is 20.2. The van der Waals surface area contributed by atoms with Crippen LogP contribution in [0.1, 0.15) is 5.56 Å². The second kappa shape index (κ2) is 6.30. The third-order valence-electron chi connectivity index (χ3n) is 2.95. The Kier molecular flexibility index (Phi) is 4.48. The second-order valence-electron chi connectivity index (χ2n) is 4.17. The first-order valence-corrected chi connectivity index (χ1v) is 7.19. The fraction of sp³-hybridized carbons (Fsp3) is 0.308. The highest BCUT2D eigenvalue weighted by molar-refractivity contribution is 7.99. The van der Waals surface area contributed by atoms with Crippen LogP contribution in [0.3, 0.4) is 0 Å². The summed E-state index contributed by atoms with van der Waals surface area (Å²) in [4.78, 5) is 23.9. The minimum Gasteiger partial charge on any atom is -0.474 e. The second-order valence-corrected chi connectivity index (χ2v) is 5.39. The number of amides is 1. The monoisotopic (exact) mass is 291 g/mol. The predicted octanol–water partition coefficient (Wildman–Crippen LogP) is 1.13. The number of anilines is 2. The van der Waals surface area contributed by atoms with Crippen molar-refractivity contribution in [2.75, 3.05) is 34.8 Å². The van der Waals surface area contributed by atoms with E-state index >= 15 is 0 Å². The standard InChI is InChI=1S/C13H13N3O3S/c14-8-9-10(15-12(17)13(18)19)2-1-3-11(9)16-4-6-20-7-5-16/h1-3H,4-7H2,(H,15,17)(H,18,19). The lowest BCUT2D eigenvalue weighted by Gasteiger charge is -2.29. The highest BCUT2D eigenvalue weighted by atomic mass is 32.2. The van der Waals surface area contributed by atoms with E-state index < -0.39 is 11.9 Å². The van der Waals surface area contributed by atoms with E-state index in [1.165, 1.54) is 6.07 Å². The maximum absolute atomic E-state index is 11.2. The number of carbonyl (C=O) groups excluding carboxylic acids is 1. The number of nitriles is 1. The molecule has 1 aromatic carbocycles. The molecule has 0 spiro atoms. The fourth-order valence-corrected chi connectivity index (χ4v) is 2.91. The average Bonchev–Trinajstić information content (AvgIpc) is 2.47. The molecule has 0 unspecified atom stereocenters. The van der Waals surface area contributed by atoms with Gasteiger partial charge < -0.3 is 15.3 Å². The van der Waals surface area contributed by atoms with Gasteiger partial charge in [-0.15, -0.1) is 0 Å². The van der Waals surface area contributed by atoms with Crippen molar-refractivity contribution in [1.29, 1.82) is 5.26 Å². The van der Waals surface area contributed by atoms with Crippen LogP contribution in [0.5, 0.6) is 0 Å². The number of aliphatic carboxylic acids is 1. The average molecular weight is 291 g/mol. The molecule has 1 aliphatic rings. The van der Waals surface area contributed by atoms with Crippen molar-refractivity contribution >= 4 is 35.0 Å². The lowest BCUT2D eigenvalue weighted by molar-refractivity contribution is -0.147. The van der Waals surface area contributed by atoms with E-state index in [0.29, 0.717) is 5.56 Å². The SMILES string of the molecule is N#Cc1c(NC(=O)C(=O)O)cccc1N1CCSCC1. The van der Waals surface area contributed by atoms with Gasteiger partial charge in [-0.05, 0) is 12.1 Å². The molecule has 2 N–H and O–H groups in total. The molecule has 0 aromatic heterocycles. The van der Waals surface area contributed by atoms with Gasteiger partial charge in [0.25, 0.3) is 0 Å². The van der Waals surface area contributed by atoms with Crippen LogP contribution in [-0.4, -0.2) is 41.6 Å². The van der Waals surface area contributed by atoms with Crippen LogP contribution in [0.15, 0.2) is 18.2 Å². The van der Waals surface area contributed by atoms with E-state index in [-0.39, 0.29) is 5.69 Å². The topological polar surface area (TPSA) is 93.4 Å². The van der Waals surface area contributed by atoms with E-state index in [9.17, 15) is 14.9 Å². The summed E-state index contributed by atoms with van der Waals surface area (Å²) in [6.07, 6.45) is 0. The third kappa shape index (κ3) is 3.03. The van der Waals surface area contributed by atoms with Gasteiger partial charge in [0.05, 0.1) is 16.9 Å². The summed E-state index contributed by atoms with van der Waals surface area (Å²) in [5.74, 6) is -0.755. The van der Waals surface area contributed by atoms with Crippen molar-refractivity contribution in [3.8, 4) is 6.07 Å². The minimum atomic E-state index is -1.58. The van der Waals surface area contributed by atoms with Gasteiger partial charge in [0.1, 0.15) is 6.07 Å². The summed E-state index contributed by atoms with van der Waals surface area (Å²) < 4.78 is 0. The van der Waals surface area contributed by atoms with Crippen LogP contribution >= 0.6 is 11.8 Å². The van der Waals surface area contributed by atoms with Gasteiger partial charge in [-0.25, -0.2) is 4.79 Å². The highest BCUT2D eigenvalue weighted by Gasteiger charge is 2.19. The van der Waals surface area contributed by atoms with Crippen molar-refractivity contribution in [1.82, 2.24) is 0 Å². The normalized spacial score (nSPS) is 14.4. The molecule has 1 heterocycles. The number of benzene rings is 1. The number of hydrogen-bond acceptors (Lipinski definition) is 5. The van der Waals surface area contributed by atoms with E-state index in [4.69, 9.17) is 5.11 Å². The first kappa shape index (κ1) is 14.2. The Balaban J connectivity index is 2.32. The van der Waals surface area contributed by atoms with Crippen molar-refractivity contribution in [2.45, 2.75) is 0 Å². The Labute approximate surface area is 120 Å². The van der Waals surface area contributed by atoms with Gasteiger partial charge >= 0.3 is 11.9 Å². The van der Waals surface area contributed by atoms with E-state index in [2.05, 4.69) is 10.2 Å². The van der Waals surface area contributed by atoms with Gasteiger partial charge in [-0.1, -0.05) is 6.07 Å². The molecule has 20 heavy (non-hydrogen) atoms. The first-order chi connectivity index (χ1) is 9.63. The molecule has 0 atom stereocenters. The molecule has 2 rings (SSSR count). The number of nitrogens with zero attached hydrogens (tertiary/aromatic N) is 2. The molecular formula is C13H13N3O3S. The van der Waals surface area contributed by atoms with Crippen LogP contribution in [-0.2, 0) is 9.59 Å². The Morgan fingerprint density at radius 2 is 2.05 bits per heavy atom. The van der Waals surface area contributed by atoms with Gasteiger partial charge in [-0.3, -0.25) is 4.79 Å². The zero-order valence-corrected chi connectivity index (χ0v) is 11.4. The smallest absolute Gasteiger partial charge is 0.394 e. The number of carboxylic acid groups (broad SMARTS) is 1. The number of rotatable bonds is 2. The van der Waals surface area contributed by atoms with Crippen molar-refractivity contribution in [2.24, 2.45) is 0 Å². The molecule has 0 aliphatic carbocycles.